The van der Waals surface area contributed by atoms with Crippen molar-refractivity contribution >= 4 is 40.7 Å². The molecule has 5 nitrogen and oxygen atoms in total. The normalized spacial score (nSPS) is 14.6. The van der Waals surface area contributed by atoms with Gasteiger partial charge in [-0.05, 0) is 54.2 Å². The fraction of sp³-hybridized carbons (Fsp3) is 0.172. The molecule has 7 heteroatoms. The second-order valence-electron chi connectivity index (χ2n) is 8.89. The van der Waals surface area contributed by atoms with E-state index in [2.05, 4.69) is 5.32 Å². The van der Waals surface area contributed by atoms with Gasteiger partial charge in [0.1, 0.15) is 6.10 Å². The lowest BCUT2D eigenvalue weighted by Crippen LogP contribution is -2.19. The Morgan fingerprint density at radius 3 is 2.28 bits per heavy atom. The first kappa shape index (κ1) is 24.1. The third kappa shape index (κ3) is 4.74. The van der Waals surface area contributed by atoms with Crippen LogP contribution in [0.2, 0.25) is 4.34 Å². The molecule has 1 amide bonds. The third-order valence-electron chi connectivity index (χ3n) is 6.55. The Morgan fingerprint density at radius 1 is 0.972 bits per heavy atom. The van der Waals surface area contributed by atoms with E-state index in [-0.39, 0.29) is 0 Å². The second-order valence-corrected chi connectivity index (χ2v) is 10.6. The van der Waals surface area contributed by atoms with Crippen LogP contribution >= 0.6 is 22.9 Å². The van der Waals surface area contributed by atoms with Crippen molar-refractivity contribution in [2.75, 3.05) is 5.32 Å². The van der Waals surface area contributed by atoms with Crippen molar-refractivity contribution < 1.29 is 19.4 Å². The van der Waals surface area contributed by atoms with Crippen molar-refractivity contribution in [3.63, 3.8) is 0 Å². The average molecular weight is 518 g/mol. The van der Waals surface area contributed by atoms with Crippen LogP contribution in [0.25, 0.3) is 21.6 Å². The molecule has 1 aliphatic carbocycles. The van der Waals surface area contributed by atoms with E-state index in [9.17, 15) is 14.7 Å². The molecule has 2 N–H and O–H groups in total. The Hall–Kier alpha value is -3.61. The van der Waals surface area contributed by atoms with Gasteiger partial charge in [-0.3, -0.25) is 10.1 Å². The number of carbonyl (C=O) groups is 2. The summed E-state index contributed by atoms with van der Waals surface area (Å²) in [5.74, 6) is -0.818. The quantitative estimate of drug-likeness (QED) is 0.259. The number of benzene rings is 3. The average Bonchev–Trinajstić information content (AvgIpc) is 3.63. The fourth-order valence-electron chi connectivity index (χ4n) is 4.40. The Labute approximate surface area is 218 Å². The molecule has 1 saturated carbocycles. The number of carbonyl (C=O) groups excluding carboxylic acids is 1. The summed E-state index contributed by atoms with van der Waals surface area (Å²) >= 11 is 7.75. The van der Waals surface area contributed by atoms with E-state index < -0.39 is 23.6 Å². The van der Waals surface area contributed by atoms with Crippen LogP contribution in [0, 0.1) is 0 Å². The van der Waals surface area contributed by atoms with Crippen molar-refractivity contribution in [2.24, 2.45) is 0 Å². The molecule has 1 fully saturated rings. The molecule has 0 radical (unpaired) electrons. The van der Waals surface area contributed by atoms with E-state index in [1.165, 1.54) is 11.3 Å². The van der Waals surface area contributed by atoms with Crippen LogP contribution in [0.1, 0.15) is 37.0 Å². The number of carboxylic acid groups (broad SMARTS) is 1. The molecule has 0 spiro atoms. The van der Waals surface area contributed by atoms with Crippen molar-refractivity contribution in [1.82, 2.24) is 0 Å². The summed E-state index contributed by atoms with van der Waals surface area (Å²) in [6.45, 7) is 1.81. The highest BCUT2D eigenvalue weighted by Gasteiger charge is 2.51. The van der Waals surface area contributed by atoms with Gasteiger partial charge in [-0.2, -0.15) is 0 Å². The topological polar surface area (TPSA) is 75.6 Å². The molecule has 36 heavy (non-hydrogen) atoms. The second kappa shape index (κ2) is 9.80. The van der Waals surface area contributed by atoms with Crippen LogP contribution in [0.5, 0.6) is 0 Å². The van der Waals surface area contributed by atoms with Crippen molar-refractivity contribution in [3.05, 3.63) is 100 Å². The van der Waals surface area contributed by atoms with Gasteiger partial charge in [-0.1, -0.05) is 84.4 Å². The fourth-order valence-corrected chi connectivity index (χ4v) is 5.61. The number of thiophene rings is 1. The number of rotatable bonds is 7. The van der Waals surface area contributed by atoms with Crippen LogP contribution < -0.4 is 5.32 Å². The van der Waals surface area contributed by atoms with Crippen LogP contribution in [0.15, 0.2) is 84.9 Å². The zero-order valence-corrected chi connectivity index (χ0v) is 21.1. The summed E-state index contributed by atoms with van der Waals surface area (Å²) in [5.41, 5.74) is 4.02. The molecule has 4 aromatic rings. The Morgan fingerprint density at radius 2 is 1.64 bits per heavy atom. The van der Waals surface area contributed by atoms with Gasteiger partial charge in [-0.25, -0.2) is 4.79 Å². The van der Waals surface area contributed by atoms with Gasteiger partial charge in [0, 0.05) is 5.56 Å². The minimum atomic E-state index is -0.858. The molecule has 0 aliphatic heterocycles. The first-order chi connectivity index (χ1) is 17.4. The molecule has 1 heterocycles. The van der Waals surface area contributed by atoms with Gasteiger partial charge in [-0.15, -0.1) is 11.3 Å². The van der Waals surface area contributed by atoms with Crippen LogP contribution in [-0.2, 0) is 14.9 Å². The molecule has 1 unspecified atom stereocenters. The molecule has 0 saturated heterocycles. The molecular formula is C29H24ClNO4S. The Kier molecular flexibility index (Phi) is 6.56. The van der Waals surface area contributed by atoms with Gasteiger partial charge in [0.15, 0.2) is 0 Å². The number of hydrogen-bond acceptors (Lipinski definition) is 4. The minimum Gasteiger partial charge on any atom is -0.481 e. The van der Waals surface area contributed by atoms with Gasteiger partial charge < -0.3 is 9.84 Å². The molecule has 1 aliphatic rings. The van der Waals surface area contributed by atoms with Crippen molar-refractivity contribution in [2.45, 2.75) is 31.3 Å². The van der Waals surface area contributed by atoms with Gasteiger partial charge in [0.2, 0.25) is 0 Å². The highest BCUT2D eigenvalue weighted by molar-refractivity contribution is 7.20. The number of amides is 1. The lowest BCUT2D eigenvalue weighted by molar-refractivity contribution is -0.140. The summed E-state index contributed by atoms with van der Waals surface area (Å²) in [4.78, 5) is 25.6. The number of nitrogens with one attached hydrogen (secondary N) is 1. The number of aliphatic carboxylic acids is 1. The Bertz CT molecular complexity index is 1410. The van der Waals surface area contributed by atoms with E-state index in [1.807, 2.05) is 85.8 Å². The molecule has 5 rings (SSSR count). The zero-order chi connectivity index (χ0) is 25.3. The maximum absolute atomic E-state index is 12.8. The lowest BCUT2D eigenvalue weighted by atomic mass is 9.89. The van der Waals surface area contributed by atoms with Gasteiger partial charge in [0.05, 0.1) is 20.3 Å². The van der Waals surface area contributed by atoms with E-state index in [0.29, 0.717) is 22.9 Å². The monoisotopic (exact) mass is 517 g/mol. The van der Waals surface area contributed by atoms with Crippen molar-refractivity contribution in [3.8, 4) is 21.6 Å². The summed E-state index contributed by atoms with van der Waals surface area (Å²) in [6, 6.07) is 26.8. The smallest absolute Gasteiger partial charge is 0.412 e. The highest BCUT2D eigenvalue weighted by atomic mass is 35.5. The molecule has 182 valence electrons. The van der Waals surface area contributed by atoms with E-state index in [1.54, 1.807) is 6.07 Å². The number of carboxylic acids is 1. The zero-order valence-electron chi connectivity index (χ0n) is 19.5. The van der Waals surface area contributed by atoms with Crippen LogP contribution in [0.4, 0.5) is 10.5 Å². The Balaban J connectivity index is 1.52. The van der Waals surface area contributed by atoms with Gasteiger partial charge in [0.25, 0.3) is 0 Å². The van der Waals surface area contributed by atoms with E-state index in [0.717, 1.165) is 32.7 Å². The first-order valence-corrected chi connectivity index (χ1v) is 12.8. The largest absolute Gasteiger partial charge is 0.481 e. The van der Waals surface area contributed by atoms with Crippen LogP contribution in [-0.4, -0.2) is 17.2 Å². The molecule has 1 aromatic heterocycles. The maximum Gasteiger partial charge on any atom is 0.412 e. The number of halogens is 1. The van der Waals surface area contributed by atoms with Crippen LogP contribution in [0.3, 0.4) is 0 Å². The highest BCUT2D eigenvalue weighted by Crippen LogP contribution is 2.51. The predicted octanol–water partition coefficient (Wildman–Crippen LogP) is 8.16. The summed E-state index contributed by atoms with van der Waals surface area (Å²) in [6.07, 6.45) is 0.180. The maximum atomic E-state index is 12.8. The standard InChI is InChI=1S/C29H24ClNO4S/c1-18(19-8-4-2-5-9-19)35-28(34)31-24-17-25(30)36-26(24)23-16-21(29(14-15-29)27(32)33)12-13-22(23)20-10-6-3-7-11-20/h2-13,16-18H,14-15H2,1H3,(H,31,34)(H,32,33). The minimum absolute atomic E-state index is 0.433. The summed E-state index contributed by atoms with van der Waals surface area (Å²) in [5, 5.41) is 12.7. The van der Waals surface area contributed by atoms with E-state index >= 15 is 0 Å². The summed E-state index contributed by atoms with van der Waals surface area (Å²) < 4.78 is 6.11. The number of anilines is 1. The summed E-state index contributed by atoms with van der Waals surface area (Å²) in [7, 11) is 0. The van der Waals surface area contributed by atoms with Gasteiger partial charge >= 0.3 is 12.1 Å². The first-order valence-electron chi connectivity index (χ1n) is 11.6. The molecule has 0 bridgehead atoms. The number of ether oxygens (including phenoxy) is 1. The number of hydrogen-bond donors (Lipinski definition) is 2. The van der Waals surface area contributed by atoms with E-state index in [4.69, 9.17) is 16.3 Å². The predicted molar refractivity (Wildman–Crippen MR) is 144 cm³/mol. The lowest BCUT2D eigenvalue weighted by Gasteiger charge is -2.17. The molecular weight excluding hydrogens is 494 g/mol. The molecule has 3 aromatic carbocycles. The molecule has 1 atom stereocenters. The van der Waals surface area contributed by atoms with Crippen molar-refractivity contribution in [1.29, 1.82) is 0 Å². The SMILES string of the molecule is CC(OC(=O)Nc1cc(Cl)sc1-c1cc(C2(C(=O)O)CC2)ccc1-c1ccccc1)c1ccccc1. The third-order valence-corrected chi connectivity index (χ3v) is 7.85.